The number of nitrogens with one attached hydrogen (secondary N) is 1. The second-order valence-electron chi connectivity index (χ2n) is 13.6. The number of fused-ring (bicyclic) bond motifs is 6. The average Bonchev–Trinajstić information content (AvgIpc) is 3.49. The lowest BCUT2D eigenvalue weighted by Crippen LogP contribution is -2.63. The Morgan fingerprint density at radius 2 is 1.95 bits per heavy atom. The molecule has 2 aromatic heterocycles. The van der Waals surface area contributed by atoms with Gasteiger partial charge in [0.25, 0.3) is 5.91 Å². The molecule has 0 aliphatic heterocycles. The SMILES string of the molecule is CC(NC(=O)C1(O)CCC2C3CCC4=Cc5c(cnn5-c5ccc(F)cc5)CC4(C)C3C(O)CC21C)c1ccccn1. The largest absolute Gasteiger partial charge is 0.393 e. The lowest BCUT2D eigenvalue weighted by molar-refractivity contribution is -0.181. The monoisotopic (exact) mass is 570 g/mol. The average molecular weight is 571 g/mol. The molecule has 8 atom stereocenters. The van der Waals surface area contributed by atoms with Crippen LogP contribution in [-0.2, 0) is 11.2 Å². The Balaban J connectivity index is 1.17. The van der Waals surface area contributed by atoms with Gasteiger partial charge in [-0.15, -0.1) is 0 Å². The van der Waals surface area contributed by atoms with E-state index in [9.17, 15) is 19.4 Å². The lowest BCUT2D eigenvalue weighted by atomic mass is 9.45. The zero-order chi connectivity index (χ0) is 29.4. The van der Waals surface area contributed by atoms with Crippen molar-refractivity contribution in [3.63, 3.8) is 0 Å². The molecule has 0 radical (unpaired) electrons. The Morgan fingerprint density at radius 3 is 2.69 bits per heavy atom. The molecule has 7 rings (SSSR count). The molecule has 42 heavy (non-hydrogen) atoms. The van der Waals surface area contributed by atoms with Gasteiger partial charge in [-0.25, -0.2) is 9.07 Å². The second kappa shape index (κ2) is 9.58. The first-order valence-corrected chi connectivity index (χ1v) is 15.2. The predicted molar refractivity (Wildman–Crippen MR) is 157 cm³/mol. The highest BCUT2D eigenvalue weighted by atomic mass is 19.1. The minimum Gasteiger partial charge on any atom is -0.393 e. The highest BCUT2D eigenvalue weighted by molar-refractivity contribution is 5.87. The van der Waals surface area contributed by atoms with Crippen LogP contribution in [0.1, 0.15) is 75.9 Å². The van der Waals surface area contributed by atoms with Crippen LogP contribution in [-0.4, -0.2) is 42.6 Å². The number of pyridine rings is 1. The molecule has 8 unspecified atom stereocenters. The number of amides is 1. The molecule has 4 aliphatic carbocycles. The van der Waals surface area contributed by atoms with Gasteiger partial charge in [0, 0.05) is 11.6 Å². The quantitative estimate of drug-likeness (QED) is 0.402. The Labute approximate surface area is 245 Å². The maximum atomic E-state index is 13.7. The minimum atomic E-state index is -1.56. The van der Waals surface area contributed by atoms with E-state index in [0.717, 1.165) is 48.3 Å². The van der Waals surface area contributed by atoms with E-state index in [4.69, 9.17) is 0 Å². The number of rotatable bonds is 4. The zero-order valence-electron chi connectivity index (χ0n) is 24.4. The molecule has 4 aliphatic rings. The first-order chi connectivity index (χ1) is 20.0. The summed E-state index contributed by atoms with van der Waals surface area (Å²) < 4.78 is 15.4. The first-order valence-electron chi connectivity index (χ1n) is 15.2. The van der Waals surface area contributed by atoms with Gasteiger partial charge in [0.05, 0.1) is 35.4 Å². The number of benzene rings is 1. The molecule has 0 bridgehead atoms. The fraction of sp³-hybridized carbons (Fsp3) is 0.500. The third kappa shape index (κ3) is 3.87. The summed E-state index contributed by atoms with van der Waals surface area (Å²) in [4.78, 5) is 18.1. The van der Waals surface area contributed by atoms with Crippen molar-refractivity contribution < 1.29 is 19.4 Å². The van der Waals surface area contributed by atoms with E-state index in [1.807, 2.05) is 42.9 Å². The fourth-order valence-corrected chi connectivity index (χ4v) is 9.37. The summed E-state index contributed by atoms with van der Waals surface area (Å²) in [5.41, 5.74) is 2.50. The molecule has 1 aromatic carbocycles. The Hall–Kier alpha value is -3.36. The van der Waals surface area contributed by atoms with E-state index < -0.39 is 17.1 Å². The van der Waals surface area contributed by atoms with E-state index in [-0.39, 0.29) is 40.9 Å². The van der Waals surface area contributed by atoms with Crippen molar-refractivity contribution in [1.29, 1.82) is 0 Å². The molecule has 1 amide bonds. The summed E-state index contributed by atoms with van der Waals surface area (Å²) in [7, 11) is 0. The molecule has 7 nitrogen and oxygen atoms in total. The van der Waals surface area contributed by atoms with Crippen molar-refractivity contribution in [3.05, 3.63) is 83.2 Å². The number of carbonyl (C=O) groups excluding carboxylic acids is 1. The molecule has 3 saturated carbocycles. The summed E-state index contributed by atoms with van der Waals surface area (Å²) >= 11 is 0. The lowest BCUT2D eigenvalue weighted by Gasteiger charge is -2.60. The minimum absolute atomic E-state index is 0.0238. The van der Waals surface area contributed by atoms with Crippen LogP contribution >= 0.6 is 0 Å². The summed E-state index contributed by atoms with van der Waals surface area (Å²) in [5, 5.41) is 31.7. The number of nitrogens with zero attached hydrogens (tertiary/aromatic N) is 3. The van der Waals surface area contributed by atoms with Crippen molar-refractivity contribution in [2.24, 2.45) is 28.6 Å². The van der Waals surface area contributed by atoms with E-state index in [0.29, 0.717) is 12.8 Å². The highest BCUT2D eigenvalue weighted by Crippen LogP contribution is 2.67. The number of hydrogen-bond acceptors (Lipinski definition) is 5. The molecular weight excluding hydrogens is 531 g/mol. The van der Waals surface area contributed by atoms with Crippen LogP contribution in [0.15, 0.2) is 60.4 Å². The van der Waals surface area contributed by atoms with Gasteiger partial charge in [0.2, 0.25) is 0 Å². The van der Waals surface area contributed by atoms with Crippen LogP contribution < -0.4 is 5.32 Å². The maximum absolute atomic E-state index is 13.7. The van der Waals surface area contributed by atoms with Gasteiger partial charge in [0.15, 0.2) is 0 Å². The molecule has 0 saturated heterocycles. The van der Waals surface area contributed by atoms with E-state index in [2.05, 4.69) is 28.4 Å². The van der Waals surface area contributed by atoms with Crippen LogP contribution in [0, 0.1) is 34.4 Å². The topological polar surface area (TPSA) is 100 Å². The van der Waals surface area contributed by atoms with Crippen LogP contribution in [0.2, 0.25) is 0 Å². The highest BCUT2D eigenvalue weighted by Gasteiger charge is 2.68. The van der Waals surface area contributed by atoms with Gasteiger partial charge in [0.1, 0.15) is 11.4 Å². The smallest absolute Gasteiger partial charge is 0.253 e. The van der Waals surface area contributed by atoms with E-state index in [1.165, 1.54) is 17.7 Å². The van der Waals surface area contributed by atoms with Crippen LogP contribution in [0.4, 0.5) is 4.39 Å². The van der Waals surface area contributed by atoms with Crippen molar-refractivity contribution >= 4 is 12.0 Å². The zero-order valence-corrected chi connectivity index (χ0v) is 24.4. The molecule has 220 valence electrons. The van der Waals surface area contributed by atoms with Crippen LogP contribution in [0.25, 0.3) is 11.8 Å². The van der Waals surface area contributed by atoms with E-state index >= 15 is 0 Å². The van der Waals surface area contributed by atoms with Crippen molar-refractivity contribution in [2.45, 2.75) is 77.0 Å². The molecule has 3 fully saturated rings. The Bertz CT molecular complexity index is 1550. The normalized spacial score (nSPS) is 35.7. The number of aliphatic hydroxyl groups excluding tert-OH is 1. The Kier molecular flexibility index (Phi) is 6.26. The molecule has 8 heteroatoms. The van der Waals surface area contributed by atoms with Gasteiger partial charge >= 0.3 is 0 Å². The predicted octanol–water partition coefficient (Wildman–Crippen LogP) is 5.17. The van der Waals surface area contributed by atoms with Gasteiger partial charge in [-0.2, -0.15) is 5.10 Å². The summed E-state index contributed by atoms with van der Waals surface area (Å²) in [6.45, 7) is 6.19. The fourth-order valence-electron chi connectivity index (χ4n) is 9.37. The van der Waals surface area contributed by atoms with Crippen LogP contribution in [0.3, 0.4) is 0 Å². The second-order valence-corrected chi connectivity index (χ2v) is 13.6. The van der Waals surface area contributed by atoms with Crippen molar-refractivity contribution in [2.75, 3.05) is 0 Å². The number of hydrogen-bond donors (Lipinski definition) is 3. The van der Waals surface area contributed by atoms with Crippen molar-refractivity contribution in [3.8, 4) is 5.69 Å². The van der Waals surface area contributed by atoms with Gasteiger partial charge in [-0.3, -0.25) is 9.78 Å². The number of halogens is 1. The molecule has 2 heterocycles. The molecule has 3 aromatic rings. The number of aliphatic hydroxyl groups is 2. The van der Waals surface area contributed by atoms with Crippen molar-refractivity contribution in [1.82, 2.24) is 20.1 Å². The summed E-state index contributed by atoms with van der Waals surface area (Å²) in [6.07, 6.45) is 9.29. The Morgan fingerprint density at radius 1 is 1.17 bits per heavy atom. The number of aromatic nitrogens is 3. The molecule has 0 spiro atoms. The van der Waals surface area contributed by atoms with E-state index in [1.54, 1.807) is 18.3 Å². The molecule has 3 N–H and O–H groups in total. The third-order valence-electron chi connectivity index (χ3n) is 11.5. The maximum Gasteiger partial charge on any atom is 0.253 e. The third-order valence-corrected chi connectivity index (χ3v) is 11.5. The van der Waals surface area contributed by atoms with Gasteiger partial charge in [-0.05, 0) is 117 Å². The van der Waals surface area contributed by atoms with Gasteiger partial charge < -0.3 is 15.5 Å². The number of carbonyl (C=O) groups is 1. The molecular formula is C34H39FN4O3. The van der Waals surface area contributed by atoms with Crippen LogP contribution in [0.5, 0.6) is 0 Å². The standard InChI is InChI=1S/C34H39FN4O3/c1-20(27-6-4-5-15-36-27)38-31(41)34(42)14-13-26-25-12-7-22-16-28-21(19-37-39(28)24-10-8-23(35)9-11-24)17-32(22,2)30(25)29(40)18-33(26,34)3/h4-6,8-11,15-16,19-20,25-26,29-30,40,42H,7,12-14,17-18H2,1-3H3,(H,38,41). The number of allylic oxidation sites excluding steroid dienone is 1. The summed E-state index contributed by atoms with van der Waals surface area (Å²) in [5.74, 6) is -0.287. The first kappa shape index (κ1) is 27.5. The van der Waals surface area contributed by atoms with Gasteiger partial charge in [-0.1, -0.05) is 25.5 Å². The summed E-state index contributed by atoms with van der Waals surface area (Å²) in [6, 6.07) is 11.6.